The smallest absolute Gasteiger partial charge is 0.332 e. The van der Waals surface area contributed by atoms with Gasteiger partial charge in [-0.3, -0.25) is 18.7 Å². The van der Waals surface area contributed by atoms with Crippen LogP contribution >= 0.6 is 11.3 Å². The summed E-state index contributed by atoms with van der Waals surface area (Å²) in [6.07, 6.45) is 1.65. The average Bonchev–Trinajstić information content (AvgIpc) is 3.27. The van der Waals surface area contributed by atoms with Gasteiger partial charge in [-0.15, -0.1) is 11.3 Å². The van der Waals surface area contributed by atoms with E-state index in [4.69, 9.17) is 9.47 Å². The molecule has 2 aromatic rings. The van der Waals surface area contributed by atoms with Gasteiger partial charge in [-0.1, -0.05) is 0 Å². The summed E-state index contributed by atoms with van der Waals surface area (Å²) >= 11 is 1.41. The lowest BCUT2D eigenvalue weighted by Gasteiger charge is -2.19. The minimum atomic E-state index is -0.534. The van der Waals surface area contributed by atoms with Crippen LogP contribution in [0.5, 0.6) is 0 Å². The van der Waals surface area contributed by atoms with Gasteiger partial charge in [0.15, 0.2) is 0 Å². The number of hydrogen-bond donors (Lipinski definition) is 1. The summed E-state index contributed by atoms with van der Waals surface area (Å²) in [5.41, 5.74) is -0.593. The third-order valence-electron chi connectivity index (χ3n) is 5.32. The van der Waals surface area contributed by atoms with Gasteiger partial charge in [0.1, 0.15) is 10.4 Å². The molecule has 0 radical (unpaired) electrons. The molecule has 1 saturated carbocycles. The van der Waals surface area contributed by atoms with Crippen molar-refractivity contribution in [3.8, 4) is 0 Å². The van der Waals surface area contributed by atoms with Crippen molar-refractivity contribution in [1.82, 2.24) is 14.5 Å². The molecule has 0 bridgehead atoms. The van der Waals surface area contributed by atoms with Crippen LogP contribution in [0.1, 0.15) is 51.0 Å². The van der Waals surface area contributed by atoms with E-state index in [1.807, 2.05) is 34.6 Å². The second kappa shape index (κ2) is 8.28. The molecule has 0 aliphatic heterocycles. The van der Waals surface area contributed by atoms with Crippen LogP contribution < -0.4 is 16.6 Å². The van der Waals surface area contributed by atoms with Crippen LogP contribution in [0.3, 0.4) is 0 Å². The van der Waals surface area contributed by atoms with Crippen LogP contribution in [-0.2, 0) is 32.9 Å². The van der Waals surface area contributed by atoms with E-state index in [0.29, 0.717) is 29.9 Å². The number of nitrogens with one attached hydrogen (secondary N) is 1. The molecule has 1 aliphatic rings. The van der Waals surface area contributed by atoms with E-state index in [0.717, 1.165) is 23.3 Å². The first-order valence-corrected chi connectivity index (χ1v) is 11.0. The number of nitrogens with zero attached hydrogens (tertiary/aromatic N) is 2. The summed E-state index contributed by atoms with van der Waals surface area (Å²) in [6.45, 7) is 10.6. The maximum atomic E-state index is 13.3. The number of aryl methyl sites for hydroxylation is 1. The highest BCUT2D eigenvalue weighted by atomic mass is 32.1. The van der Waals surface area contributed by atoms with Crippen molar-refractivity contribution in [3.63, 3.8) is 0 Å². The Balaban J connectivity index is 1.96. The number of ether oxygens (including phenoxy) is 2. The zero-order valence-corrected chi connectivity index (χ0v) is 19.4. The van der Waals surface area contributed by atoms with Crippen molar-refractivity contribution in [2.45, 2.75) is 71.7 Å². The van der Waals surface area contributed by atoms with E-state index in [1.54, 1.807) is 11.7 Å². The first kappa shape index (κ1) is 22.7. The fraction of sp³-hybridized carbons (Fsp3) is 0.667. The fourth-order valence-electron chi connectivity index (χ4n) is 3.48. The predicted octanol–water partition coefficient (Wildman–Crippen LogP) is 2.12. The Morgan fingerprint density at radius 2 is 1.93 bits per heavy atom. The number of aromatic nitrogens is 2. The van der Waals surface area contributed by atoms with Gasteiger partial charge in [0, 0.05) is 18.5 Å². The number of carbonyl (C=O) groups excluding carboxylic acids is 1. The van der Waals surface area contributed by atoms with Crippen molar-refractivity contribution >= 4 is 27.5 Å². The molecule has 0 saturated heterocycles. The number of carbonyl (C=O) groups is 1. The van der Waals surface area contributed by atoms with Gasteiger partial charge in [-0.2, -0.15) is 0 Å². The Labute approximate surface area is 179 Å². The van der Waals surface area contributed by atoms with Crippen LogP contribution in [-0.4, -0.2) is 41.0 Å². The lowest BCUT2D eigenvalue weighted by Crippen LogP contribution is -2.45. The molecule has 8 nitrogen and oxygen atoms in total. The molecule has 9 heteroatoms. The number of esters is 1. The van der Waals surface area contributed by atoms with Gasteiger partial charge in [0.05, 0.1) is 30.6 Å². The highest BCUT2D eigenvalue weighted by Gasteiger charge is 2.43. The summed E-state index contributed by atoms with van der Waals surface area (Å²) in [5.74, 6) is -0.331. The summed E-state index contributed by atoms with van der Waals surface area (Å²) in [4.78, 5) is 40.0. The molecule has 1 aliphatic carbocycles. The van der Waals surface area contributed by atoms with Crippen molar-refractivity contribution in [2.75, 3.05) is 20.3 Å². The van der Waals surface area contributed by atoms with Crippen molar-refractivity contribution in [3.05, 3.63) is 31.3 Å². The van der Waals surface area contributed by atoms with E-state index < -0.39 is 11.1 Å². The lowest BCUT2D eigenvalue weighted by atomic mass is 10.2. The molecule has 0 atom stereocenters. The van der Waals surface area contributed by atoms with E-state index in [9.17, 15) is 14.4 Å². The maximum absolute atomic E-state index is 13.3. The van der Waals surface area contributed by atoms with Crippen molar-refractivity contribution in [2.24, 2.45) is 0 Å². The largest absolute Gasteiger partial charge is 0.459 e. The molecule has 0 spiro atoms. The molecule has 0 unspecified atom stereocenters. The molecule has 30 heavy (non-hydrogen) atoms. The predicted molar refractivity (Wildman–Crippen MR) is 117 cm³/mol. The van der Waals surface area contributed by atoms with Crippen LogP contribution in [0.4, 0.5) is 0 Å². The van der Waals surface area contributed by atoms with Gasteiger partial charge in [-0.25, -0.2) is 4.79 Å². The summed E-state index contributed by atoms with van der Waals surface area (Å²) in [5, 5.41) is 3.68. The molecule has 0 aromatic carbocycles. The molecule has 1 N–H and O–H groups in total. The van der Waals surface area contributed by atoms with E-state index in [1.165, 1.54) is 15.9 Å². The molecule has 0 amide bonds. The van der Waals surface area contributed by atoms with Gasteiger partial charge >= 0.3 is 11.7 Å². The fourth-order valence-corrected chi connectivity index (χ4v) is 4.76. The monoisotopic (exact) mass is 437 g/mol. The van der Waals surface area contributed by atoms with Gasteiger partial charge in [0.2, 0.25) is 0 Å². The molecular formula is C21H31N3O5S. The number of thiophene rings is 1. The third-order valence-corrected chi connectivity index (χ3v) is 6.63. The summed E-state index contributed by atoms with van der Waals surface area (Å²) in [6, 6.07) is 0. The Hall–Kier alpha value is -1.97. The number of methoxy groups -OCH3 is 1. The summed E-state index contributed by atoms with van der Waals surface area (Å²) < 4.78 is 13.6. The van der Waals surface area contributed by atoms with Crippen molar-refractivity contribution in [1.29, 1.82) is 0 Å². The summed E-state index contributed by atoms with van der Waals surface area (Å²) in [7, 11) is 1.59. The second-order valence-electron chi connectivity index (χ2n) is 9.08. The van der Waals surface area contributed by atoms with Gasteiger partial charge < -0.3 is 14.8 Å². The molecule has 2 aromatic heterocycles. The number of hydrogen-bond acceptors (Lipinski definition) is 7. The Kier molecular flexibility index (Phi) is 6.27. The maximum Gasteiger partial charge on any atom is 0.332 e. The van der Waals surface area contributed by atoms with Crippen LogP contribution in [0.25, 0.3) is 10.2 Å². The van der Waals surface area contributed by atoms with Crippen molar-refractivity contribution < 1.29 is 14.3 Å². The highest BCUT2D eigenvalue weighted by molar-refractivity contribution is 7.18. The quantitative estimate of drug-likeness (QED) is 0.636. The Morgan fingerprint density at radius 1 is 1.27 bits per heavy atom. The second-order valence-corrected chi connectivity index (χ2v) is 10.2. The third kappa shape index (κ3) is 4.53. The number of fused-ring (bicyclic) bond motifs is 1. The minimum absolute atomic E-state index is 0.0732. The van der Waals surface area contributed by atoms with Gasteiger partial charge in [-0.05, 0) is 53.0 Å². The minimum Gasteiger partial charge on any atom is -0.459 e. The first-order chi connectivity index (χ1) is 14.0. The molecule has 1 fully saturated rings. The Bertz CT molecular complexity index is 1070. The zero-order valence-electron chi connectivity index (χ0n) is 18.6. The molecule has 2 heterocycles. The first-order valence-electron chi connectivity index (χ1n) is 10.2. The standard InChI is InChI=1S/C21H31N3O5S/c1-13-14(11-22-12-15(25)29-20(2,3)4)30-18-16(13)17(26)24(21(5)7-8-21)19(27)23(18)9-10-28-6/h22H,7-12H2,1-6H3. The normalized spacial score (nSPS) is 15.5. The Morgan fingerprint density at radius 3 is 2.50 bits per heavy atom. The van der Waals surface area contributed by atoms with E-state index >= 15 is 0 Å². The molecule has 3 rings (SSSR count). The SMILES string of the molecule is COCCn1c(=O)n(C2(C)CC2)c(=O)c2c(C)c(CNCC(=O)OC(C)(C)C)sc21. The van der Waals surface area contributed by atoms with E-state index in [2.05, 4.69) is 5.32 Å². The van der Waals surface area contributed by atoms with Crippen LogP contribution in [0.15, 0.2) is 9.59 Å². The van der Waals surface area contributed by atoms with Crippen LogP contribution in [0.2, 0.25) is 0 Å². The molecular weight excluding hydrogens is 406 g/mol. The lowest BCUT2D eigenvalue weighted by molar-refractivity contribution is -0.153. The number of rotatable bonds is 8. The van der Waals surface area contributed by atoms with Crippen LogP contribution in [0, 0.1) is 6.92 Å². The average molecular weight is 438 g/mol. The van der Waals surface area contributed by atoms with Gasteiger partial charge in [0.25, 0.3) is 5.56 Å². The molecule has 166 valence electrons. The highest BCUT2D eigenvalue weighted by Crippen LogP contribution is 2.41. The van der Waals surface area contributed by atoms with E-state index in [-0.39, 0.29) is 23.8 Å². The topological polar surface area (TPSA) is 91.6 Å². The zero-order chi connectivity index (χ0) is 22.3.